The van der Waals surface area contributed by atoms with Gasteiger partial charge in [0.1, 0.15) is 28.5 Å². The van der Waals surface area contributed by atoms with Gasteiger partial charge < -0.3 is 19.9 Å². The molecule has 0 saturated heterocycles. The fourth-order valence-electron chi connectivity index (χ4n) is 3.39. The lowest BCUT2D eigenvalue weighted by atomic mass is 10.1. The largest absolute Gasteiger partial charge is 0.480 e. The molecule has 0 radical (unpaired) electrons. The summed E-state index contributed by atoms with van der Waals surface area (Å²) in [6.07, 6.45) is -5.79. The van der Waals surface area contributed by atoms with Gasteiger partial charge in [0.15, 0.2) is 11.9 Å². The molecule has 0 saturated carbocycles. The van der Waals surface area contributed by atoms with Gasteiger partial charge in [0, 0.05) is 19.3 Å². The summed E-state index contributed by atoms with van der Waals surface area (Å²) in [5.41, 5.74) is -3.03. The first kappa shape index (κ1) is 27.6. The van der Waals surface area contributed by atoms with E-state index in [1.165, 1.54) is 34.2 Å². The summed E-state index contributed by atoms with van der Waals surface area (Å²) in [7, 11) is 2.59. The van der Waals surface area contributed by atoms with Gasteiger partial charge in [-0.3, -0.25) is 9.36 Å². The number of carbonyl (C=O) groups excluding carboxylic acids is 1. The van der Waals surface area contributed by atoms with Crippen LogP contribution in [0.25, 0.3) is 5.69 Å². The Morgan fingerprint density at radius 2 is 1.89 bits per heavy atom. The summed E-state index contributed by atoms with van der Waals surface area (Å²) in [6, 6.07) is 2.95. The molecule has 14 heteroatoms. The van der Waals surface area contributed by atoms with Gasteiger partial charge in [0.2, 0.25) is 5.88 Å². The zero-order chi connectivity index (χ0) is 27.9. The van der Waals surface area contributed by atoms with Gasteiger partial charge >= 0.3 is 11.9 Å². The Hall–Kier alpha value is -3.94. The summed E-state index contributed by atoms with van der Waals surface area (Å²) < 4.78 is 66.8. The molecule has 37 heavy (non-hydrogen) atoms. The minimum absolute atomic E-state index is 0.0238. The number of hydrogen-bond donors (Lipinski definition) is 2. The van der Waals surface area contributed by atoms with Crippen LogP contribution in [0, 0.1) is 12.7 Å². The summed E-state index contributed by atoms with van der Waals surface area (Å²) >= 11 is 0. The van der Waals surface area contributed by atoms with Crippen molar-refractivity contribution in [3.8, 4) is 17.3 Å². The van der Waals surface area contributed by atoms with E-state index in [2.05, 4.69) is 15.4 Å². The Balaban J connectivity index is 2.18. The third-order valence-corrected chi connectivity index (χ3v) is 5.37. The Labute approximate surface area is 208 Å². The Kier molecular flexibility index (Phi) is 7.35. The number of methoxy groups -OCH3 is 1. The summed E-state index contributed by atoms with van der Waals surface area (Å²) in [5.74, 6) is -2.95. The van der Waals surface area contributed by atoms with Crippen LogP contribution in [-0.4, -0.2) is 49.7 Å². The fourth-order valence-corrected chi connectivity index (χ4v) is 3.39. The first-order chi connectivity index (χ1) is 17.1. The van der Waals surface area contributed by atoms with Gasteiger partial charge in [-0.15, -0.1) is 5.10 Å². The average Bonchev–Trinajstić information content (AvgIpc) is 3.09. The Bertz CT molecular complexity index is 1390. The van der Waals surface area contributed by atoms with Gasteiger partial charge in [-0.2, -0.15) is 17.9 Å². The molecule has 2 heterocycles. The number of nitrogens with one attached hydrogen (secondary N) is 1. The third-order valence-electron chi connectivity index (χ3n) is 5.37. The van der Waals surface area contributed by atoms with E-state index in [0.29, 0.717) is 23.2 Å². The number of amides is 1. The van der Waals surface area contributed by atoms with Crippen molar-refractivity contribution in [2.75, 3.05) is 12.4 Å². The molecule has 0 aliphatic heterocycles. The van der Waals surface area contributed by atoms with E-state index in [0.717, 1.165) is 10.6 Å². The van der Waals surface area contributed by atoms with E-state index in [1.807, 2.05) is 0 Å². The SMILES string of the molecule is COc1nccc(C)c1NC(=O)c1cc(F)c(-n2nc(C(C)(C)O)n(C)c2=O)cc1OC(C)C(F)(F)F. The van der Waals surface area contributed by atoms with Gasteiger partial charge in [-0.25, -0.2) is 14.2 Å². The quantitative estimate of drug-likeness (QED) is 0.453. The minimum Gasteiger partial charge on any atom is -0.480 e. The first-order valence-electron chi connectivity index (χ1n) is 10.8. The lowest BCUT2D eigenvalue weighted by molar-refractivity contribution is -0.189. The van der Waals surface area contributed by atoms with Gasteiger partial charge in [-0.05, 0) is 45.4 Å². The monoisotopic (exact) mass is 527 g/mol. The van der Waals surface area contributed by atoms with Crippen molar-refractivity contribution in [2.24, 2.45) is 7.05 Å². The minimum atomic E-state index is -4.82. The highest BCUT2D eigenvalue weighted by Gasteiger charge is 2.39. The number of benzene rings is 1. The number of ether oxygens (including phenoxy) is 2. The second kappa shape index (κ2) is 9.84. The van der Waals surface area contributed by atoms with Gasteiger partial charge in [0.05, 0.1) is 12.7 Å². The van der Waals surface area contributed by atoms with Crippen molar-refractivity contribution in [1.29, 1.82) is 0 Å². The number of anilines is 1. The van der Waals surface area contributed by atoms with E-state index in [9.17, 15) is 27.9 Å². The third kappa shape index (κ3) is 5.58. The van der Waals surface area contributed by atoms with E-state index < -0.39 is 52.3 Å². The van der Waals surface area contributed by atoms with Crippen molar-refractivity contribution in [3.63, 3.8) is 0 Å². The lowest BCUT2D eigenvalue weighted by Gasteiger charge is -2.21. The molecule has 1 unspecified atom stereocenters. The van der Waals surface area contributed by atoms with Crippen LogP contribution in [0.3, 0.4) is 0 Å². The normalized spacial score (nSPS) is 12.8. The molecule has 0 bridgehead atoms. The number of aryl methyl sites for hydroxylation is 1. The molecule has 1 atom stereocenters. The molecule has 0 aliphatic rings. The number of pyridine rings is 1. The standard InChI is InChI=1S/C23H25F4N5O5/c1-11-7-8-28-19(36-6)17(11)29-18(33)13-9-14(24)15(10-16(13)37-12(2)23(25,26)27)32-21(34)31(5)20(30-32)22(3,4)35/h7-10,12,35H,1-6H3,(H,29,33). The maximum absolute atomic E-state index is 15.3. The molecule has 2 N–H and O–H groups in total. The molecule has 1 aromatic carbocycles. The summed E-state index contributed by atoms with van der Waals surface area (Å²) in [5, 5.41) is 16.6. The molecule has 3 aromatic rings. The number of hydrogen-bond acceptors (Lipinski definition) is 7. The molecular formula is C23H25F4N5O5. The van der Waals surface area contributed by atoms with E-state index >= 15 is 4.39 Å². The van der Waals surface area contributed by atoms with Crippen LogP contribution in [0.15, 0.2) is 29.2 Å². The lowest BCUT2D eigenvalue weighted by Crippen LogP contribution is -2.32. The molecule has 0 aliphatic carbocycles. The smallest absolute Gasteiger partial charge is 0.425 e. The van der Waals surface area contributed by atoms with Gasteiger partial charge in [0.25, 0.3) is 5.91 Å². The summed E-state index contributed by atoms with van der Waals surface area (Å²) in [6.45, 7) is 5.02. The van der Waals surface area contributed by atoms with Crippen LogP contribution in [-0.2, 0) is 12.6 Å². The zero-order valence-electron chi connectivity index (χ0n) is 20.8. The van der Waals surface area contributed by atoms with Crippen molar-refractivity contribution in [3.05, 3.63) is 57.6 Å². The van der Waals surface area contributed by atoms with Crippen molar-refractivity contribution in [1.82, 2.24) is 19.3 Å². The fraction of sp³-hybridized carbons (Fsp3) is 0.391. The second-order valence-electron chi connectivity index (χ2n) is 8.70. The van der Waals surface area contributed by atoms with Crippen LogP contribution in [0.5, 0.6) is 11.6 Å². The zero-order valence-corrected chi connectivity index (χ0v) is 20.8. The van der Waals surface area contributed by atoms with Crippen LogP contribution < -0.4 is 20.5 Å². The molecule has 1 amide bonds. The number of rotatable bonds is 7. The van der Waals surface area contributed by atoms with Crippen LogP contribution >= 0.6 is 0 Å². The molecular weight excluding hydrogens is 502 g/mol. The van der Waals surface area contributed by atoms with Crippen LogP contribution in [0.1, 0.15) is 42.5 Å². The van der Waals surface area contributed by atoms with Crippen molar-refractivity contribution in [2.45, 2.75) is 45.6 Å². The predicted octanol–water partition coefficient (Wildman–Crippen LogP) is 3.23. The molecule has 200 valence electrons. The van der Waals surface area contributed by atoms with Gasteiger partial charge in [-0.1, -0.05) is 0 Å². The maximum Gasteiger partial charge on any atom is 0.425 e. The highest BCUT2D eigenvalue weighted by molar-refractivity contribution is 6.07. The highest BCUT2D eigenvalue weighted by atomic mass is 19.4. The average molecular weight is 527 g/mol. The number of halogens is 4. The Morgan fingerprint density at radius 3 is 2.43 bits per heavy atom. The highest BCUT2D eigenvalue weighted by Crippen LogP contribution is 2.32. The molecule has 0 spiro atoms. The molecule has 10 nitrogen and oxygen atoms in total. The number of alkyl halides is 3. The van der Waals surface area contributed by atoms with E-state index in [4.69, 9.17) is 9.47 Å². The summed E-state index contributed by atoms with van der Waals surface area (Å²) in [4.78, 5) is 29.8. The van der Waals surface area contributed by atoms with Crippen molar-refractivity contribution < 1.29 is 36.9 Å². The number of carbonyl (C=O) groups is 1. The topological polar surface area (TPSA) is 120 Å². The van der Waals surface area contributed by atoms with E-state index in [1.54, 1.807) is 13.0 Å². The van der Waals surface area contributed by atoms with Crippen LogP contribution in [0.2, 0.25) is 0 Å². The first-order valence-corrected chi connectivity index (χ1v) is 10.8. The molecule has 3 rings (SSSR count). The molecule has 0 fully saturated rings. The number of aromatic nitrogens is 4. The predicted molar refractivity (Wildman–Crippen MR) is 124 cm³/mol. The number of aliphatic hydroxyl groups is 1. The maximum atomic E-state index is 15.3. The van der Waals surface area contributed by atoms with Crippen LogP contribution in [0.4, 0.5) is 23.2 Å². The Morgan fingerprint density at radius 1 is 1.24 bits per heavy atom. The van der Waals surface area contributed by atoms with E-state index in [-0.39, 0.29) is 17.4 Å². The van der Waals surface area contributed by atoms with Crippen molar-refractivity contribution >= 4 is 11.6 Å². The molecule has 2 aromatic heterocycles. The second-order valence-corrected chi connectivity index (χ2v) is 8.70. The number of nitrogens with zero attached hydrogens (tertiary/aromatic N) is 4.